The van der Waals surface area contributed by atoms with E-state index >= 15 is 0 Å². The minimum absolute atomic E-state index is 0.0260. The highest BCUT2D eigenvalue weighted by Crippen LogP contribution is 2.67. The fourth-order valence-electron chi connectivity index (χ4n) is 11.5. The Morgan fingerprint density at radius 3 is 1.85 bits per heavy atom. The predicted octanol–water partition coefficient (Wildman–Crippen LogP) is 10.3. The van der Waals surface area contributed by atoms with E-state index in [9.17, 15) is 19.2 Å². The molecule has 5 aliphatic carbocycles. The zero-order valence-electron chi connectivity index (χ0n) is 36.9. The highest BCUT2D eigenvalue weighted by atomic mass is 16.6. The second-order valence-corrected chi connectivity index (χ2v) is 21.0. The largest absolute Gasteiger partial charge is 0.444 e. The Hall–Kier alpha value is -4.08. The molecule has 10 heteroatoms. The van der Waals surface area contributed by atoms with Crippen LogP contribution in [0.5, 0.6) is 11.5 Å². The summed E-state index contributed by atoms with van der Waals surface area (Å²) >= 11 is 0. The number of hydrogen-bond donors (Lipinski definition) is 2. The minimum Gasteiger partial charge on any atom is -0.444 e. The predicted molar refractivity (Wildman–Crippen MR) is 227 cm³/mol. The van der Waals surface area contributed by atoms with Gasteiger partial charge in [0.1, 0.15) is 22.7 Å². The lowest BCUT2D eigenvalue weighted by Gasteiger charge is -2.50. The van der Waals surface area contributed by atoms with Gasteiger partial charge in [-0.05, 0) is 163 Å². The number of ether oxygens (including phenoxy) is 4. The SMILES string of the molecule is CC(C)(C)OC(=O)N[C@H]1[C@H]2CCCCCC1(C)c1cc(OC(=O)CCCCC(=O)Oc3ccc4c(c3)[C@@]3(C)CCCC[C@H]5CC5(C4)[C@@H]3NC(=O)OC(C)(C)C)ccc1C2. The molecule has 1 spiro atoms. The summed E-state index contributed by atoms with van der Waals surface area (Å²) in [5.41, 5.74) is 2.99. The number of unbranched alkanes of at least 4 members (excludes halogenated alkanes) is 1. The fraction of sp³-hybridized carbons (Fsp3) is 0.673. The van der Waals surface area contributed by atoms with Crippen molar-refractivity contribution in [1.82, 2.24) is 10.6 Å². The number of hydrogen-bond acceptors (Lipinski definition) is 8. The van der Waals surface area contributed by atoms with Gasteiger partial charge in [-0.1, -0.05) is 58.1 Å². The second-order valence-electron chi connectivity index (χ2n) is 21.0. The number of alkyl carbamates (subject to hydrolysis) is 2. The van der Waals surface area contributed by atoms with Gasteiger partial charge in [-0.3, -0.25) is 9.59 Å². The number of esters is 2. The molecular formula is C49H68N2O8. The summed E-state index contributed by atoms with van der Waals surface area (Å²) in [6, 6.07) is 11.9. The molecule has 0 heterocycles. The highest BCUT2D eigenvalue weighted by Gasteiger charge is 2.66. The molecule has 2 aromatic carbocycles. The van der Waals surface area contributed by atoms with Gasteiger partial charge in [0.25, 0.3) is 0 Å². The van der Waals surface area contributed by atoms with Crippen molar-refractivity contribution in [3.8, 4) is 11.5 Å². The van der Waals surface area contributed by atoms with E-state index in [4.69, 9.17) is 18.9 Å². The van der Waals surface area contributed by atoms with Crippen LogP contribution in [0, 0.1) is 17.3 Å². The summed E-state index contributed by atoms with van der Waals surface area (Å²) in [5.74, 6) is 1.22. The van der Waals surface area contributed by atoms with Gasteiger partial charge in [0.2, 0.25) is 0 Å². The summed E-state index contributed by atoms with van der Waals surface area (Å²) in [6.07, 6.45) is 13.1. The van der Waals surface area contributed by atoms with Crippen LogP contribution in [0.2, 0.25) is 0 Å². The van der Waals surface area contributed by atoms with Gasteiger partial charge in [0, 0.05) is 35.8 Å². The number of carbonyl (C=O) groups is 4. The van der Waals surface area contributed by atoms with Crippen LogP contribution in [0.4, 0.5) is 9.59 Å². The molecule has 0 aliphatic heterocycles. The van der Waals surface area contributed by atoms with Gasteiger partial charge in [-0.2, -0.15) is 0 Å². The molecule has 0 radical (unpaired) electrons. The molecule has 7 atom stereocenters. The molecular weight excluding hydrogens is 745 g/mol. The molecule has 4 bridgehead atoms. The summed E-state index contributed by atoms with van der Waals surface area (Å²) in [4.78, 5) is 52.4. The van der Waals surface area contributed by atoms with Gasteiger partial charge >= 0.3 is 24.1 Å². The van der Waals surface area contributed by atoms with E-state index in [1.807, 2.05) is 65.8 Å². The zero-order valence-corrected chi connectivity index (χ0v) is 36.9. The Bertz CT molecular complexity index is 1930. The first-order valence-corrected chi connectivity index (χ1v) is 22.5. The standard InChI is InChI=1S/C49H68N2O8/c1-45(2,3)58-43(54)50-41-32-16-10-9-14-24-47(41,7)37-27-35(22-20-31(37)26-32)56-39(52)18-11-12-19-40(53)57-36-23-21-33-29-49-30-34(49)17-13-15-25-48(8,38(33)28-36)42(49)51-44(55)59-46(4,5)6/h20-23,27-28,32,34,41-42H,9-19,24-26,29-30H2,1-8H3,(H,50,54)(H,51,55)/t32-,34-,41-,42+,47?,48+,49?/m0/s1. The normalized spacial score (nSPS) is 29.6. The molecule has 2 aromatic rings. The van der Waals surface area contributed by atoms with Crippen LogP contribution in [0.25, 0.3) is 0 Å². The number of carbonyl (C=O) groups excluding carboxylic acids is 4. The molecule has 2 amide bonds. The van der Waals surface area contributed by atoms with E-state index in [2.05, 4.69) is 36.6 Å². The Kier molecular flexibility index (Phi) is 12.0. The summed E-state index contributed by atoms with van der Waals surface area (Å²) in [7, 11) is 0. The van der Waals surface area contributed by atoms with E-state index in [-0.39, 0.29) is 59.2 Å². The molecule has 0 aromatic heterocycles. The third-order valence-electron chi connectivity index (χ3n) is 14.1. The van der Waals surface area contributed by atoms with Crippen molar-refractivity contribution in [3.63, 3.8) is 0 Å². The zero-order chi connectivity index (χ0) is 42.4. The molecule has 0 saturated heterocycles. The third-order valence-corrected chi connectivity index (χ3v) is 14.1. The van der Waals surface area contributed by atoms with Crippen molar-refractivity contribution >= 4 is 24.1 Å². The van der Waals surface area contributed by atoms with E-state index in [1.54, 1.807) is 0 Å². The van der Waals surface area contributed by atoms with Crippen LogP contribution in [0.1, 0.15) is 168 Å². The Morgan fingerprint density at radius 1 is 0.678 bits per heavy atom. The first-order chi connectivity index (χ1) is 27.8. The first kappa shape index (κ1) is 43.0. The number of amides is 2. The Balaban J connectivity index is 0.947. The maximum Gasteiger partial charge on any atom is 0.407 e. The fourth-order valence-corrected chi connectivity index (χ4v) is 11.5. The molecule has 7 rings (SSSR count). The van der Waals surface area contributed by atoms with Crippen molar-refractivity contribution in [2.45, 2.75) is 192 Å². The van der Waals surface area contributed by atoms with E-state index in [1.165, 1.54) is 24.0 Å². The summed E-state index contributed by atoms with van der Waals surface area (Å²) in [5, 5.41) is 6.61. The molecule has 10 nitrogen and oxygen atoms in total. The molecule has 3 saturated carbocycles. The first-order valence-electron chi connectivity index (χ1n) is 22.5. The summed E-state index contributed by atoms with van der Waals surface area (Å²) < 4.78 is 23.2. The van der Waals surface area contributed by atoms with Crippen LogP contribution >= 0.6 is 0 Å². The van der Waals surface area contributed by atoms with Crippen molar-refractivity contribution < 1.29 is 38.1 Å². The number of nitrogens with one attached hydrogen (secondary N) is 2. The lowest BCUT2D eigenvalue weighted by atomic mass is 9.58. The third kappa shape index (κ3) is 9.47. The molecule has 2 unspecified atom stereocenters. The topological polar surface area (TPSA) is 129 Å². The summed E-state index contributed by atoms with van der Waals surface area (Å²) in [6.45, 7) is 15.8. The van der Waals surface area contributed by atoms with Crippen LogP contribution < -0.4 is 20.1 Å². The van der Waals surface area contributed by atoms with Crippen molar-refractivity contribution in [1.29, 1.82) is 0 Å². The average molecular weight is 813 g/mol. The van der Waals surface area contributed by atoms with Crippen LogP contribution in [0.15, 0.2) is 36.4 Å². The highest BCUT2D eigenvalue weighted by molar-refractivity contribution is 5.74. The van der Waals surface area contributed by atoms with E-state index in [0.717, 1.165) is 75.3 Å². The number of rotatable bonds is 9. The van der Waals surface area contributed by atoms with Crippen LogP contribution in [-0.4, -0.2) is 47.4 Å². The molecule has 5 aliphatic rings. The maximum absolute atomic E-state index is 13.2. The van der Waals surface area contributed by atoms with Gasteiger partial charge in [-0.15, -0.1) is 0 Å². The van der Waals surface area contributed by atoms with E-state index < -0.39 is 17.3 Å². The van der Waals surface area contributed by atoms with Crippen molar-refractivity contribution in [2.75, 3.05) is 0 Å². The quantitative estimate of drug-likeness (QED) is 0.145. The lowest BCUT2D eigenvalue weighted by molar-refractivity contribution is -0.136. The maximum atomic E-state index is 13.2. The molecule has 2 N–H and O–H groups in total. The smallest absolute Gasteiger partial charge is 0.407 e. The molecule has 59 heavy (non-hydrogen) atoms. The van der Waals surface area contributed by atoms with Crippen molar-refractivity contribution in [3.05, 3.63) is 58.7 Å². The monoisotopic (exact) mass is 812 g/mol. The Morgan fingerprint density at radius 2 is 1.22 bits per heavy atom. The number of benzene rings is 2. The molecule has 3 fully saturated rings. The Labute approximate surface area is 351 Å². The molecule has 322 valence electrons. The lowest BCUT2D eigenvalue weighted by Crippen LogP contribution is -2.59. The van der Waals surface area contributed by atoms with Gasteiger partial charge in [0.15, 0.2) is 0 Å². The van der Waals surface area contributed by atoms with Gasteiger partial charge in [-0.25, -0.2) is 9.59 Å². The van der Waals surface area contributed by atoms with Crippen LogP contribution in [0.3, 0.4) is 0 Å². The second kappa shape index (κ2) is 16.4. The van der Waals surface area contributed by atoms with Gasteiger partial charge in [0.05, 0.1) is 0 Å². The number of fused-ring (bicyclic) bond motifs is 7. The minimum atomic E-state index is -0.588. The van der Waals surface area contributed by atoms with Crippen molar-refractivity contribution in [2.24, 2.45) is 17.3 Å². The van der Waals surface area contributed by atoms with E-state index in [0.29, 0.717) is 36.2 Å². The van der Waals surface area contributed by atoms with Crippen LogP contribution in [-0.2, 0) is 42.7 Å². The van der Waals surface area contributed by atoms with Gasteiger partial charge < -0.3 is 29.6 Å². The average Bonchev–Trinajstić information content (AvgIpc) is 3.82.